The van der Waals surface area contributed by atoms with Gasteiger partial charge in [-0.1, -0.05) is 20.8 Å². The predicted molar refractivity (Wildman–Crippen MR) is 115 cm³/mol. The molecule has 0 spiro atoms. The van der Waals surface area contributed by atoms with Crippen LogP contribution in [-0.4, -0.2) is 80.8 Å². The summed E-state index contributed by atoms with van der Waals surface area (Å²) >= 11 is 1.43. The second-order valence-corrected chi connectivity index (χ2v) is 10.8. The van der Waals surface area contributed by atoms with Gasteiger partial charge in [0.25, 0.3) is 0 Å². The van der Waals surface area contributed by atoms with Gasteiger partial charge in [0.2, 0.25) is 5.91 Å². The van der Waals surface area contributed by atoms with E-state index in [1.165, 1.54) is 16.7 Å². The van der Waals surface area contributed by atoms with Crippen molar-refractivity contribution in [3.05, 3.63) is 10.6 Å². The molecular formula is C20H32N4O6S. The van der Waals surface area contributed by atoms with Crippen LogP contribution in [0.15, 0.2) is 10.6 Å². The standard InChI is InChI=1S/C20H32N4O6S/c1-8-13-12(9(2)25)17(27)24(13)14(18(28)29)15(8)31-10-5-11(22-6-10)16(26)20(3,4)7-23-19(21)30/h8-13,16,22,25-26H,5-7H2,1-4H3,(H,28,29)(H3,21,23,30)/t8-,9-,10+,11+,12-,13-,16?/m1/s1. The summed E-state index contributed by atoms with van der Waals surface area (Å²) in [5.74, 6) is -2.26. The fraction of sp³-hybridized carbons (Fsp3) is 0.750. The third-order valence-corrected chi connectivity index (χ3v) is 8.14. The van der Waals surface area contributed by atoms with E-state index < -0.39 is 35.5 Å². The third-order valence-electron chi connectivity index (χ3n) is 6.63. The average Bonchev–Trinajstić information content (AvgIpc) is 3.22. The molecule has 2 saturated heterocycles. The van der Waals surface area contributed by atoms with E-state index in [1.807, 2.05) is 20.8 Å². The number of primary amides is 1. The number of fused-ring (bicyclic) bond motifs is 1. The molecule has 0 bridgehead atoms. The van der Waals surface area contributed by atoms with Crippen LogP contribution in [0.5, 0.6) is 0 Å². The minimum atomic E-state index is -1.14. The van der Waals surface area contributed by atoms with E-state index in [4.69, 9.17) is 5.73 Å². The highest BCUT2D eigenvalue weighted by atomic mass is 32.2. The number of nitrogens with one attached hydrogen (secondary N) is 2. The number of nitrogens with zero attached hydrogens (tertiary/aromatic N) is 1. The molecule has 0 aromatic rings. The average molecular weight is 457 g/mol. The maximum atomic E-state index is 12.5. The number of carbonyl (C=O) groups excluding carboxylic acids is 2. The van der Waals surface area contributed by atoms with Crippen LogP contribution in [-0.2, 0) is 9.59 Å². The first kappa shape index (κ1) is 23.8. The van der Waals surface area contributed by atoms with Gasteiger partial charge in [-0.3, -0.25) is 4.79 Å². The van der Waals surface area contributed by atoms with Crippen molar-refractivity contribution < 1.29 is 29.7 Å². The number of β-lactam (4-membered cyclic amide) rings is 1. The van der Waals surface area contributed by atoms with Crippen LogP contribution in [0.3, 0.4) is 0 Å². The van der Waals surface area contributed by atoms with E-state index in [0.717, 1.165) is 0 Å². The van der Waals surface area contributed by atoms with E-state index >= 15 is 0 Å². The van der Waals surface area contributed by atoms with Crippen LogP contribution < -0.4 is 16.4 Å². The lowest BCUT2D eigenvalue weighted by Gasteiger charge is -2.46. The Morgan fingerprint density at radius 3 is 2.58 bits per heavy atom. The molecule has 0 aromatic carbocycles. The first-order chi connectivity index (χ1) is 14.4. The molecule has 10 nitrogen and oxygen atoms in total. The van der Waals surface area contributed by atoms with Gasteiger partial charge in [-0.15, -0.1) is 11.8 Å². The highest BCUT2D eigenvalue weighted by molar-refractivity contribution is 8.03. The normalized spacial score (nSPS) is 32.5. The lowest BCUT2D eigenvalue weighted by molar-refractivity contribution is -0.163. The van der Waals surface area contributed by atoms with Crippen molar-refractivity contribution in [1.82, 2.24) is 15.5 Å². The number of thioether (sulfide) groups is 1. The Bertz CT molecular complexity index is 801. The van der Waals surface area contributed by atoms with Gasteiger partial charge in [0, 0.05) is 40.6 Å². The Kier molecular flexibility index (Phi) is 6.62. The Labute approximate surface area is 185 Å². The molecule has 0 radical (unpaired) electrons. The van der Waals surface area contributed by atoms with E-state index in [0.29, 0.717) is 17.9 Å². The van der Waals surface area contributed by atoms with Crippen LogP contribution in [0.1, 0.15) is 34.1 Å². The summed E-state index contributed by atoms with van der Waals surface area (Å²) in [5, 5.41) is 36.4. The van der Waals surface area contributed by atoms with Gasteiger partial charge in [0.15, 0.2) is 0 Å². The zero-order valence-electron chi connectivity index (χ0n) is 18.2. The van der Waals surface area contributed by atoms with Crippen LogP contribution in [0.4, 0.5) is 4.79 Å². The van der Waals surface area contributed by atoms with Crippen molar-refractivity contribution in [2.24, 2.45) is 23.0 Å². The number of nitrogens with two attached hydrogens (primary N) is 1. The molecule has 174 valence electrons. The van der Waals surface area contributed by atoms with Crippen LogP contribution in [0, 0.1) is 17.3 Å². The van der Waals surface area contributed by atoms with Gasteiger partial charge in [0.05, 0.1) is 24.2 Å². The molecule has 3 rings (SSSR count). The maximum absolute atomic E-state index is 12.5. The number of aliphatic hydroxyl groups is 2. The van der Waals surface area contributed by atoms with Crippen molar-refractivity contribution in [1.29, 1.82) is 0 Å². The number of carbonyl (C=O) groups is 3. The van der Waals surface area contributed by atoms with Gasteiger partial charge in [0.1, 0.15) is 5.70 Å². The number of hydrogen-bond acceptors (Lipinski definition) is 7. The first-order valence-electron chi connectivity index (χ1n) is 10.5. The summed E-state index contributed by atoms with van der Waals surface area (Å²) in [6.07, 6.45) is -0.979. The van der Waals surface area contributed by atoms with Crippen molar-refractivity contribution >= 4 is 29.7 Å². The lowest BCUT2D eigenvalue weighted by atomic mass is 9.79. The summed E-state index contributed by atoms with van der Waals surface area (Å²) in [4.78, 5) is 37.4. The fourth-order valence-corrected chi connectivity index (χ4v) is 6.38. The second-order valence-electron chi connectivity index (χ2n) is 9.41. The van der Waals surface area contributed by atoms with Gasteiger partial charge in [-0.2, -0.15) is 0 Å². The summed E-state index contributed by atoms with van der Waals surface area (Å²) in [6.45, 7) is 7.93. The van der Waals surface area contributed by atoms with Gasteiger partial charge in [-0.25, -0.2) is 9.59 Å². The van der Waals surface area contributed by atoms with Crippen molar-refractivity contribution in [3.8, 4) is 0 Å². The molecule has 1 unspecified atom stereocenters. The lowest BCUT2D eigenvalue weighted by Crippen LogP contribution is -2.63. The quantitative estimate of drug-likeness (QED) is 0.270. The molecule has 7 atom stereocenters. The minimum absolute atomic E-state index is 0.0133. The fourth-order valence-electron chi connectivity index (χ4n) is 4.89. The van der Waals surface area contributed by atoms with Gasteiger partial charge < -0.3 is 36.6 Å². The number of aliphatic hydroxyl groups excluding tert-OH is 2. The Morgan fingerprint density at radius 2 is 2.03 bits per heavy atom. The highest BCUT2D eigenvalue weighted by Crippen LogP contribution is 2.52. The second kappa shape index (κ2) is 8.61. The number of carboxylic acid groups (broad SMARTS) is 1. The van der Waals surface area contributed by atoms with Crippen LogP contribution >= 0.6 is 11.8 Å². The van der Waals surface area contributed by atoms with Crippen LogP contribution in [0.25, 0.3) is 0 Å². The number of amides is 3. The monoisotopic (exact) mass is 456 g/mol. The molecule has 3 aliphatic heterocycles. The Hall–Kier alpha value is -1.82. The summed E-state index contributed by atoms with van der Waals surface area (Å²) < 4.78 is 0. The highest BCUT2D eigenvalue weighted by Gasteiger charge is 2.60. The molecule has 31 heavy (non-hydrogen) atoms. The van der Waals surface area contributed by atoms with Gasteiger partial charge in [-0.05, 0) is 13.3 Å². The van der Waals surface area contributed by atoms with E-state index in [9.17, 15) is 29.7 Å². The first-order valence-corrected chi connectivity index (χ1v) is 11.3. The maximum Gasteiger partial charge on any atom is 0.353 e. The van der Waals surface area contributed by atoms with Crippen molar-refractivity contribution in [2.45, 2.75) is 63.7 Å². The molecule has 0 aliphatic carbocycles. The number of carboxylic acids is 1. The topological polar surface area (TPSA) is 165 Å². The molecule has 0 saturated carbocycles. The SMILES string of the molecule is C[C@@H](O)[C@H]1C(=O)N2C(C(=O)O)=C(S[C@@H]3CN[C@H](C(O)C(C)(C)CNC(N)=O)C3)[C@H](C)[C@H]12. The van der Waals surface area contributed by atoms with Crippen LogP contribution in [0.2, 0.25) is 0 Å². The number of urea groups is 1. The minimum Gasteiger partial charge on any atom is -0.477 e. The molecular weight excluding hydrogens is 424 g/mol. The largest absolute Gasteiger partial charge is 0.477 e. The molecule has 3 heterocycles. The van der Waals surface area contributed by atoms with Crippen molar-refractivity contribution in [2.75, 3.05) is 13.1 Å². The Balaban J connectivity index is 1.70. The predicted octanol–water partition coefficient (Wildman–Crippen LogP) is -0.341. The summed E-state index contributed by atoms with van der Waals surface area (Å²) in [5.41, 5.74) is 4.54. The molecule has 7 N–H and O–H groups in total. The molecule has 3 aliphatic rings. The number of rotatable bonds is 8. The summed E-state index contributed by atoms with van der Waals surface area (Å²) in [7, 11) is 0. The molecule has 11 heteroatoms. The number of aliphatic carboxylic acids is 1. The van der Waals surface area contributed by atoms with E-state index in [1.54, 1.807) is 6.92 Å². The smallest absolute Gasteiger partial charge is 0.353 e. The van der Waals surface area contributed by atoms with Crippen molar-refractivity contribution in [3.63, 3.8) is 0 Å². The Morgan fingerprint density at radius 1 is 1.39 bits per heavy atom. The zero-order chi connectivity index (χ0) is 23.2. The molecule has 0 aromatic heterocycles. The van der Waals surface area contributed by atoms with E-state index in [2.05, 4.69) is 10.6 Å². The molecule has 3 amide bonds. The number of hydrogen-bond donors (Lipinski definition) is 6. The molecule has 2 fully saturated rings. The summed E-state index contributed by atoms with van der Waals surface area (Å²) in [6, 6.07) is -1.21. The van der Waals surface area contributed by atoms with Gasteiger partial charge >= 0.3 is 12.0 Å². The zero-order valence-corrected chi connectivity index (χ0v) is 19.0. The van der Waals surface area contributed by atoms with E-state index in [-0.39, 0.29) is 41.4 Å². The third kappa shape index (κ3) is 4.28.